The van der Waals surface area contributed by atoms with Gasteiger partial charge in [-0.25, -0.2) is 9.37 Å². The van der Waals surface area contributed by atoms with E-state index in [1.807, 2.05) is 24.3 Å². The van der Waals surface area contributed by atoms with E-state index in [1.54, 1.807) is 12.1 Å². The van der Waals surface area contributed by atoms with Gasteiger partial charge >= 0.3 is 0 Å². The molecule has 0 aliphatic heterocycles. The molecule has 0 atom stereocenters. The van der Waals surface area contributed by atoms with Gasteiger partial charge in [-0.3, -0.25) is 4.79 Å². The molecule has 24 heavy (non-hydrogen) atoms. The van der Waals surface area contributed by atoms with Crippen molar-refractivity contribution >= 4 is 16.9 Å². The van der Waals surface area contributed by atoms with E-state index in [2.05, 4.69) is 15.3 Å². The van der Waals surface area contributed by atoms with Crippen molar-refractivity contribution < 1.29 is 13.9 Å². The second kappa shape index (κ2) is 7.59. The van der Waals surface area contributed by atoms with Gasteiger partial charge in [0, 0.05) is 13.0 Å². The number of aryl methyl sites for hydroxylation is 1. The van der Waals surface area contributed by atoms with Gasteiger partial charge in [-0.1, -0.05) is 24.3 Å². The summed E-state index contributed by atoms with van der Waals surface area (Å²) in [5, 5.41) is 2.75. The monoisotopic (exact) mass is 327 g/mol. The molecule has 124 valence electrons. The minimum atomic E-state index is -0.477. The van der Waals surface area contributed by atoms with E-state index in [1.165, 1.54) is 12.1 Å². The van der Waals surface area contributed by atoms with Crippen LogP contribution in [0, 0.1) is 5.82 Å². The first-order valence-corrected chi connectivity index (χ1v) is 7.80. The molecule has 1 aromatic heterocycles. The Morgan fingerprint density at radius 3 is 2.79 bits per heavy atom. The first-order valence-electron chi connectivity index (χ1n) is 7.80. The van der Waals surface area contributed by atoms with Gasteiger partial charge < -0.3 is 15.0 Å². The predicted octanol–water partition coefficient (Wildman–Crippen LogP) is 2.83. The molecule has 0 saturated heterocycles. The summed E-state index contributed by atoms with van der Waals surface area (Å²) in [6.07, 6.45) is 1.49. The quantitative estimate of drug-likeness (QED) is 0.656. The number of benzene rings is 2. The highest BCUT2D eigenvalue weighted by Crippen LogP contribution is 2.15. The van der Waals surface area contributed by atoms with E-state index < -0.39 is 5.82 Å². The van der Waals surface area contributed by atoms with E-state index in [0.717, 1.165) is 29.7 Å². The number of aromatic nitrogens is 2. The first-order chi connectivity index (χ1) is 11.7. The summed E-state index contributed by atoms with van der Waals surface area (Å²) in [6, 6.07) is 13.8. The number of aromatic amines is 1. The zero-order valence-electron chi connectivity index (χ0n) is 13.1. The Bertz CT molecular complexity index is 799. The van der Waals surface area contributed by atoms with Crippen LogP contribution in [-0.2, 0) is 11.2 Å². The Balaban J connectivity index is 1.38. The minimum Gasteiger partial charge on any atom is -0.481 e. The van der Waals surface area contributed by atoms with Crippen molar-refractivity contribution in [3.63, 3.8) is 0 Å². The molecule has 3 aromatic rings. The summed E-state index contributed by atoms with van der Waals surface area (Å²) < 4.78 is 18.5. The molecule has 0 radical (unpaired) electrons. The number of halogens is 1. The highest BCUT2D eigenvalue weighted by atomic mass is 19.1. The summed E-state index contributed by atoms with van der Waals surface area (Å²) in [5.74, 6) is 0.223. The highest BCUT2D eigenvalue weighted by molar-refractivity contribution is 5.77. The maximum Gasteiger partial charge on any atom is 0.257 e. The van der Waals surface area contributed by atoms with Gasteiger partial charge in [-0.2, -0.15) is 0 Å². The standard InChI is InChI=1S/C18H18FN3O2/c19-13-6-1-4-9-16(13)24-12-18(23)20-11-5-10-17-21-14-7-2-3-8-15(14)22-17/h1-4,6-9H,5,10-12H2,(H,20,23)(H,21,22). The van der Waals surface area contributed by atoms with Gasteiger partial charge in [-0.05, 0) is 30.7 Å². The van der Waals surface area contributed by atoms with Gasteiger partial charge in [0.25, 0.3) is 5.91 Å². The number of rotatable bonds is 7. The smallest absolute Gasteiger partial charge is 0.257 e. The Morgan fingerprint density at radius 1 is 1.17 bits per heavy atom. The molecule has 5 nitrogen and oxygen atoms in total. The van der Waals surface area contributed by atoms with E-state index in [-0.39, 0.29) is 18.3 Å². The fraction of sp³-hybridized carbons (Fsp3) is 0.222. The molecule has 6 heteroatoms. The van der Waals surface area contributed by atoms with Gasteiger partial charge in [0.1, 0.15) is 5.82 Å². The molecule has 0 bridgehead atoms. The Kier molecular flexibility index (Phi) is 5.05. The lowest BCUT2D eigenvalue weighted by atomic mass is 10.3. The van der Waals surface area contributed by atoms with Crippen LogP contribution in [0.2, 0.25) is 0 Å². The van der Waals surface area contributed by atoms with E-state index >= 15 is 0 Å². The second-order valence-electron chi connectivity index (χ2n) is 5.37. The van der Waals surface area contributed by atoms with E-state index in [0.29, 0.717) is 6.54 Å². The fourth-order valence-electron chi connectivity index (χ4n) is 2.36. The number of carbonyl (C=O) groups is 1. The van der Waals surface area contributed by atoms with Crippen LogP contribution >= 0.6 is 0 Å². The number of fused-ring (bicyclic) bond motifs is 1. The second-order valence-corrected chi connectivity index (χ2v) is 5.37. The number of carbonyl (C=O) groups excluding carboxylic acids is 1. The molecule has 3 rings (SSSR count). The third-order valence-corrected chi connectivity index (χ3v) is 3.55. The van der Waals surface area contributed by atoms with Gasteiger partial charge in [0.05, 0.1) is 11.0 Å². The molecule has 0 spiro atoms. The molecule has 0 unspecified atom stereocenters. The molecule has 0 fully saturated rings. The molecule has 0 aliphatic rings. The largest absolute Gasteiger partial charge is 0.481 e. The summed E-state index contributed by atoms with van der Waals surface area (Å²) in [7, 11) is 0. The summed E-state index contributed by atoms with van der Waals surface area (Å²) in [5.41, 5.74) is 1.95. The number of nitrogens with one attached hydrogen (secondary N) is 2. The molecule has 0 aliphatic carbocycles. The molecule has 1 heterocycles. The van der Waals surface area contributed by atoms with Crippen LogP contribution < -0.4 is 10.1 Å². The molecular formula is C18H18FN3O2. The predicted molar refractivity (Wildman–Crippen MR) is 89.3 cm³/mol. The number of hydrogen-bond donors (Lipinski definition) is 2. The summed E-state index contributed by atoms with van der Waals surface area (Å²) >= 11 is 0. The van der Waals surface area contributed by atoms with Crippen molar-refractivity contribution in [2.75, 3.05) is 13.2 Å². The number of imidazole rings is 1. The summed E-state index contributed by atoms with van der Waals surface area (Å²) in [4.78, 5) is 19.4. The number of nitrogens with zero attached hydrogens (tertiary/aromatic N) is 1. The zero-order valence-corrected chi connectivity index (χ0v) is 13.1. The van der Waals surface area contributed by atoms with Crippen molar-refractivity contribution in [1.82, 2.24) is 15.3 Å². The third-order valence-electron chi connectivity index (χ3n) is 3.55. The van der Waals surface area contributed by atoms with Gasteiger partial charge in [-0.15, -0.1) is 0 Å². The van der Waals surface area contributed by atoms with Crippen LogP contribution in [0.25, 0.3) is 11.0 Å². The Hall–Kier alpha value is -2.89. The number of H-pyrrole nitrogens is 1. The maximum atomic E-state index is 13.4. The zero-order chi connectivity index (χ0) is 16.8. The van der Waals surface area contributed by atoms with Crippen molar-refractivity contribution in [1.29, 1.82) is 0 Å². The summed E-state index contributed by atoms with van der Waals surface area (Å²) in [6.45, 7) is 0.308. The molecule has 2 aromatic carbocycles. The third kappa shape index (κ3) is 4.10. The van der Waals surface area contributed by atoms with Crippen molar-refractivity contribution in [2.45, 2.75) is 12.8 Å². The molecule has 0 saturated carbocycles. The maximum absolute atomic E-state index is 13.4. The Morgan fingerprint density at radius 2 is 1.96 bits per heavy atom. The normalized spacial score (nSPS) is 10.7. The van der Waals surface area contributed by atoms with Crippen molar-refractivity contribution in [3.05, 3.63) is 60.2 Å². The number of ether oxygens (including phenoxy) is 1. The van der Waals surface area contributed by atoms with E-state index in [9.17, 15) is 9.18 Å². The lowest BCUT2D eigenvalue weighted by Gasteiger charge is -2.07. The van der Waals surface area contributed by atoms with Crippen LogP contribution in [-0.4, -0.2) is 29.0 Å². The van der Waals surface area contributed by atoms with Crippen LogP contribution in [0.5, 0.6) is 5.75 Å². The van der Waals surface area contributed by atoms with Crippen LogP contribution in [0.1, 0.15) is 12.2 Å². The SMILES string of the molecule is O=C(COc1ccccc1F)NCCCc1nc2ccccc2[nH]1. The van der Waals surface area contributed by atoms with Crippen LogP contribution in [0.4, 0.5) is 4.39 Å². The van der Waals surface area contributed by atoms with Crippen LogP contribution in [0.15, 0.2) is 48.5 Å². The van der Waals surface area contributed by atoms with Crippen molar-refractivity contribution in [2.24, 2.45) is 0 Å². The average Bonchev–Trinajstić information content (AvgIpc) is 3.01. The van der Waals surface area contributed by atoms with Crippen molar-refractivity contribution in [3.8, 4) is 5.75 Å². The number of para-hydroxylation sites is 3. The number of hydrogen-bond acceptors (Lipinski definition) is 3. The van der Waals surface area contributed by atoms with Gasteiger partial charge in [0.15, 0.2) is 18.2 Å². The lowest BCUT2D eigenvalue weighted by Crippen LogP contribution is -2.30. The highest BCUT2D eigenvalue weighted by Gasteiger charge is 2.06. The minimum absolute atomic E-state index is 0.0786. The first kappa shape index (κ1) is 16.0. The molecule has 2 N–H and O–H groups in total. The fourth-order valence-corrected chi connectivity index (χ4v) is 2.36. The van der Waals surface area contributed by atoms with Crippen LogP contribution in [0.3, 0.4) is 0 Å². The van der Waals surface area contributed by atoms with E-state index in [4.69, 9.17) is 4.74 Å². The molecule has 1 amide bonds. The number of amides is 1. The van der Waals surface area contributed by atoms with Gasteiger partial charge in [0.2, 0.25) is 0 Å². The lowest BCUT2D eigenvalue weighted by molar-refractivity contribution is -0.123. The topological polar surface area (TPSA) is 67.0 Å². The Labute approximate surface area is 138 Å². The molecular weight excluding hydrogens is 309 g/mol. The average molecular weight is 327 g/mol.